The van der Waals surface area contributed by atoms with Crippen molar-refractivity contribution in [2.24, 2.45) is 0 Å². The number of nitrogens with zero attached hydrogens (tertiary/aromatic N) is 2. The highest BCUT2D eigenvalue weighted by Crippen LogP contribution is 2.18. The molecule has 1 aromatic rings. The lowest BCUT2D eigenvalue weighted by molar-refractivity contribution is -0.143. The van der Waals surface area contributed by atoms with Crippen LogP contribution in [-0.4, -0.2) is 29.8 Å². The van der Waals surface area contributed by atoms with Gasteiger partial charge in [0.1, 0.15) is 0 Å². The third-order valence-corrected chi connectivity index (χ3v) is 3.37. The van der Waals surface area contributed by atoms with Crippen molar-refractivity contribution in [1.82, 2.24) is 4.90 Å². The fraction of sp³-hybridized carbons (Fsp3) is 0.438. The number of benzene rings is 1. The van der Waals surface area contributed by atoms with Crippen molar-refractivity contribution in [3.8, 4) is 6.07 Å². The number of hydrogen-bond acceptors (Lipinski definition) is 3. The summed E-state index contributed by atoms with van der Waals surface area (Å²) in [6.07, 6.45) is 0.193. The van der Waals surface area contributed by atoms with Crippen molar-refractivity contribution in [2.75, 3.05) is 12.4 Å². The number of anilines is 1. The van der Waals surface area contributed by atoms with Crippen molar-refractivity contribution < 1.29 is 9.59 Å². The Bertz CT molecular complexity index is 561. The number of nitriles is 1. The van der Waals surface area contributed by atoms with Crippen molar-refractivity contribution in [3.05, 3.63) is 29.8 Å². The predicted molar refractivity (Wildman–Crippen MR) is 81.6 cm³/mol. The molecule has 0 radical (unpaired) electrons. The van der Waals surface area contributed by atoms with Gasteiger partial charge in [0, 0.05) is 18.8 Å². The monoisotopic (exact) mass is 287 g/mol. The number of likely N-dealkylation sites (N-methyl/N-ethyl adjacent to an activating group) is 1. The number of amides is 2. The predicted octanol–water partition coefficient (Wildman–Crippen LogP) is 2.51. The summed E-state index contributed by atoms with van der Waals surface area (Å²) in [6.45, 7) is 5.85. The lowest BCUT2D eigenvalue weighted by atomic mass is 10.0. The van der Waals surface area contributed by atoms with Crippen LogP contribution >= 0.6 is 0 Å². The highest BCUT2D eigenvalue weighted by molar-refractivity contribution is 6.39. The van der Waals surface area contributed by atoms with Crippen LogP contribution in [0, 0.1) is 11.3 Å². The molecule has 5 heteroatoms. The minimum absolute atomic E-state index is 0.193. The second kappa shape index (κ2) is 7.44. The van der Waals surface area contributed by atoms with Gasteiger partial charge in [-0.1, -0.05) is 26.0 Å². The molecule has 1 aromatic carbocycles. The lowest BCUT2D eigenvalue weighted by Gasteiger charge is -2.22. The molecule has 1 atom stereocenters. The van der Waals surface area contributed by atoms with Gasteiger partial charge < -0.3 is 10.2 Å². The molecule has 0 saturated heterocycles. The van der Waals surface area contributed by atoms with Crippen LogP contribution in [0.25, 0.3) is 0 Å². The second-order valence-corrected chi connectivity index (χ2v) is 5.36. The van der Waals surface area contributed by atoms with Crippen LogP contribution in [0.2, 0.25) is 0 Å². The summed E-state index contributed by atoms with van der Waals surface area (Å²) in [5, 5.41) is 11.2. The van der Waals surface area contributed by atoms with Crippen LogP contribution in [0.4, 0.5) is 5.69 Å². The topological polar surface area (TPSA) is 73.2 Å². The molecule has 0 aliphatic rings. The molecule has 0 saturated carbocycles. The largest absolute Gasteiger partial charge is 0.334 e. The van der Waals surface area contributed by atoms with Gasteiger partial charge in [-0.05, 0) is 30.5 Å². The number of hydrogen-bond donors (Lipinski definition) is 1. The van der Waals surface area contributed by atoms with E-state index in [9.17, 15) is 9.59 Å². The number of carbonyl (C=O) groups excluding carboxylic acids is 2. The molecule has 0 aliphatic heterocycles. The van der Waals surface area contributed by atoms with Crippen LogP contribution in [0.5, 0.6) is 0 Å². The van der Waals surface area contributed by atoms with E-state index in [1.54, 1.807) is 13.0 Å². The molecule has 0 heterocycles. The zero-order valence-electron chi connectivity index (χ0n) is 12.9. The minimum atomic E-state index is -0.691. The Morgan fingerprint density at radius 3 is 2.57 bits per heavy atom. The van der Waals surface area contributed by atoms with Crippen molar-refractivity contribution in [2.45, 2.75) is 39.2 Å². The molecular weight excluding hydrogens is 266 g/mol. The maximum Gasteiger partial charge on any atom is 0.313 e. The first-order valence-electron chi connectivity index (χ1n) is 6.91. The van der Waals surface area contributed by atoms with Crippen LogP contribution in [0.1, 0.15) is 38.7 Å². The van der Waals surface area contributed by atoms with Crippen molar-refractivity contribution >= 4 is 17.5 Å². The van der Waals surface area contributed by atoms with Gasteiger partial charge in [0.15, 0.2) is 0 Å². The first kappa shape index (κ1) is 16.7. The summed E-state index contributed by atoms with van der Waals surface area (Å²) in [5.74, 6) is -0.994. The van der Waals surface area contributed by atoms with E-state index in [1.807, 2.05) is 24.3 Å². The molecule has 0 fully saturated rings. The average molecular weight is 287 g/mol. The molecule has 0 aliphatic carbocycles. The maximum absolute atomic E-state index is 12.0. The number of carbonyl (C=O) groups is 2. The summed E-state index contributed by atoms with van der Waals surface area (Å²) >= 11 is 0. The van der Waals surface area contributed by atoms with Gasteiger partial charge in [0.2, 0.25) is 0 Å². The number of rotatable bonds is 4. The van der Waals surface area contributed by atoms with E-state index in [1.165, 1.54) is 11.9 Å². The van der Waals surface area contributed by atoms with Crippen molar-refractivity contribution in [1.29, 1.82) is 5.26 Å². The van der Waals surface area contributed by atoms with Gasteiger partial charge in [-0.25, -0.2) is 0 Å². The molecule has 0 aromatic heterocycles. The van der Waals surface area contributed by atoms with E-state index in [2.05, 4.69) is 19.2 Å². The Hall–Kier alpha value is -2.35. The van der Waals surface area contributed by atoms with Gasteiger partial charge in [0.25, 0.3) is 0 Å². The SMILES string of the molecule is CC(C)c1cccc(NC(=O)C(=O)N(C)C(C)CC#N)c1. The van der Waals surface area contributed by atoms with E-state index in [0.717, 1.165) is 5.56 Å². The first-order chi connectivity index (χ1) is 9.86. The van der Waals surface area contributed by atoms with E-state index < -0.39 is 11.8 Å². The normalized spacial score (nSPS) is 11.6. The molecule has 112 valence electrons. The van der Waals surface area contributed by atoms with Crippen molar-refractivity contribution in [3.63, 3.8) is 0 Å². The standard InChI is InChI=1S/C16H21N3O2/c1-11(2)13-6-5-7-14(10-13)18-15(20)16(21)19(4)12(3)8-9-17/h5-7,10-12H,8H2,1-4H3,(H,18,20). The molecule has 1 N–H and O–H groups in total. The first-order valence-corrected chi connectivity index (χ1v) is 6.91. The lowest BCUT2D eigenvalue weighted by Crippen LogP contribution is -2.42. The number of nitrogens with one attached hydrogen (secondary N) is 1. The van der Waals surface area contributed by atoms with E-state index in [-0.39, 0.29) is 12.5 Å². The Morgan fingerprint density at radius 2 is 2.00 bits per heavy atom. The highest BCUT2D eigenvalue weighted by Gasteiger charge is 2.22. The molecule has 2 amide bonds. The zero-order chi connectivity index (χ0) is 16.0. The summed E-state index contributed by atoms with van der Waals surface area (Å²) < 4.78 is 0. The van der Waals surface area contributed by atoms with E-state index in [0.29, 0.717) is 11.6 Å². The smallest absolute Gasteiger partial charge is 0.313 e. The molecular formula is C16H21N3O2. The third-order valence-electron chi connectivity index (χ3n) is 3.37. The molecule has 5 nitrogen and oxygen atoms in total. The zero-order valence-corrected chi connectivity index (χ0v) is 12.9. The average Bonchev–Trinajstić information content (AvgIpc) is 2.46. The highest BCUT2D eigenvalue weighted by atomic mass is 16.2. The van der Waals surface area contributed by atoms with Gasteiger partial charge in [0.05, 0.1) is 12.5 Å². The van der Waals surface area contributed by atoms with E-state index in [4.69, 9.17) is 5.26 Å². The molecule has 0 bridgehead atoms. The molecule has 1 rings (SSSR count). The van der Waals surface area contributed by atoms with Crippen LogP contribution in [0.15, 0.2) is 24.3 Å². The summed E-state index contributed by atoms with van der Waals surface area (Å²) in [7, 11) is 1.52. The van der Waals surface area contributed by atoms with Gasteiger partial charge in [-0.3, -0.25) is 9.59 Å². The minimum Gasteiger partial charge on any atom is -0.334 e. The Labute approximate surface area is 125 Å². The Morgan fingerprint density at radius 1 is 1.33 bits per heavy atom. The fourth-order valence-electron chi connectivity index (χ4n) is 1.79. The molecule has 1 unspecified atom stereocenters. The van der Waals surface area contributed by atoms with Crippen LogP contribution in [0.3, 0.4) is 0 Å². The quantitative estimate of drug-likeness (QED) is 0.865. The fourth-order valence-corrected chi connectivity index (χ4v) is 1.79. The third kappa shape index (κ3) is 4.60. The molecule has 21 heavy (non-hydrogen) atoms. The van der Waals surface area contributed by atoms with Gasteiger partial charge >= 0.3 is 11.8 Å². The van der Waals surface area contributed by atoms with E-state index >= 15 is 0 Å². The Balaban J connectivity index is 2.75. The second-order valence-electron chi connectivity index (χ2n) is 5.36. The van der Waals surface area contributed by atoms with Crippen LogP contribution in [-0.2, 0) is 9.59 Å². The summed E-state index contributed by atoms with van der Waals surface area (Å²) in [6, 6.07) is 9.11. The van der Waals surface area contributed by atoms with Crippen LogP contribution < -0.4 is 5.32 Å². The Kier molecular flexibility index (Phi) is 5.92. The van der Waals surface area contributed by atoms with Gasteiger partial charge in [-0.2, -0.15) is 5.26 Å². The maximum atomic E-state index is 12.0. The van der Waals surface area contributed by atoms with Gasteiger partial charge in [-0.15, -0.1) is 0 Å². The molecule has 0 spiro atoms. The summed E-state index contributed by atoms with van der Waals surface area (Å²) in [5.41, 5.74) is 1.69. The summed E-state index contributed by atoms with van der Waals surface area (Å²) in [4.78, 5) is 25.2.